The Morgan fingerprint density at radius 2 is 2.27 bits per heavy atom. The number of rotatable bonds is 5. The van der Waals surface area contributed by atoms with E-state index in [2.05, 4.69) is 17.7 Å². The second-order valence-electron chi connectivity index (χ2n) is 3.51. The number of halogens is 1. The van der Waals surface area contributed by atoms with E-state index in [1.54, 1.807) is 0 Å². The minimum atomic E-state index is 0.190. The summed E-state index contributed by atoms with van der Waals surface area (Å²) in [6.07, 6.45) is 3.10. The van der Waals surface area contributed by atoms with Crippen LogP contribution in [0.1, 0.15) is 23.6 Å². The fourth-order valence-electron chi connectivity index (χ4n) is 1.41. The summed E-state index contributed by atoms with van der Waals surface area (Å²) in [5.74, 6) is 6.62. The SMILES string of the molecule is CSCCC(NN)c1ccc(C)c(Cl)c1. The number of nitrogens with one attached hydrogen (secondary N) is 1. The van der Waals surface area contributed by atoms with Gasteiger partial charge in [-0.25, -0.2) is 0 Å². The van der Waals surface area contributed by atoms with Crippen LogP contribution >= 0.6 is 23.4 Å². The maximum atomic E-state index is 6.08. The van der Waals surface area contributed by atoms with Gasteiger partial charge in [-0.3, -0.25) is 11.3 Å². The van der Waals surface area contributed by atoms with Gasteiger partial charge in [0.15, 0.2) is 0 Å². The maximum absolute atomic E-state index is 6.08. The molecule has 0 aromatic heterocycles. The lowest BCUT2D eigenvalue weighted by atomic mass is 10.0. The molecule has 4 heteroatoms. The molecule has 0 saturated heterocycles. The highest BCUT2D eigenvalue weighted by molar-refractivity contribution is 7.98. The summed E-state index contributed by atoms with van der Waals surface area (Å²) in [4.78, 5) is 0. The summed E-state index contributed by atoms with van der Waals surface area (Å²) in [6, 6.07) is 6.28. The van der Waals surface area contributed by atoms with E-state index in [1.165, 1.54) is 0 Å². The number of thioether (sulfide) groups is 1. The minimum absolute atomic E-state index is 0.190. The zero-order valence-corrected chi connectivity index (χ0v) is 10.7. The number of hydrogen-bond acceptors (Lipinski definition) is 3. The van der Waals surface area contributed by atoms with Crippen LogP contribution in [0.25, 0.3) is 0 Å². The van der Waals surface area contributed by atoms with Crippen LogP contribution in [0.2, 0.25) is 5.02 Å². The molecule has 0 bridgehead atoms. The highest BCUT2D eigenvalue weighted by Gasteiger charge is 2.09. The molecule has 0 saturated carbocycles. The minimum Gasteiger partial charge on any atom is -0.271 e. The molecule has 0 fully saturated rings. The number of hydrazine groups is 1. The predicted octanol–water partition coefficient (Wildman–Crippen LogP) is 2.91. The molecule has 0 aliphatic rings. The summed E-state index contributed by atoms with van der Waals surface area (Å²) in [6.45, 7) is 2.00. The van der Waals surface area contributed by atoms with Crippen molar-refractivity contribution in [3.63, 3.8) is 0 Å². The van der Waals surface area contributed by atoms with Gasteiger partial charge in [-0.1, -0.05) is 23.7 Å². The zero-order valence-electron chi connectivity index (χ0n) is 9.09. The average Bonchev–Trinajstić information content (AvgIpc) is 2.24. The lowest BCUT2D eigenvalue weighted by molar-refractivity contribution is 0.543. The van der Waals surface area contributed by atoms with Crippen molar-refractivity contribution in [1.29, 1.82) is 0 Å². The quantitative estimate of drug-likeness (QED) is 0.618. The summed E-state index contributed by atoms with van der Waals surface area (Å²) in [7, 11) is 0. The number of aryl methyl sites for hydroxylation is 1. The highest BCUT2D eigenvalue weighted by atomic mass is 35.5. The van der Waals surface area contributed by atoms with Crippen molar-refractivity contribution in [2.45, 2.75) is 19.4 Å². The highest BCUT2D eigenvalue weighted by Crippen LogP contribution is 2.23. The van der Waals surface area contributed by atoms with Gasteiger partial charge in [0, 0.05) is 11.1 Å². The molecular weight excluding hydrogens is 228 g/mol. The Balaban J connectivity index is 2.78. The lowest BCUT2D eigenvalue weighted by Crippen LogP contribution is -2.28. The van der Waals surface area contributed by atoms with E-state index in [9.17, 15) is 0 Å². The Morgan fingerprint density at radius 1 is 1.53 bits per heavy atom. The molecule has 1 aromatic rings. The molecule has 0 aliphatic heterocycles. The maximum Gasteiger partial charge on any atom is 0.0468 e. The predicted molar refractivity (Wildman–Crippen MR) is 69.3 cm³/mol. The molecule has 1 aromatic carbocycles. The first-order chi connectivity index (χ1) is 7.19. The fraction of sp³-hybridized carbons (Fsp3) is 0.455. The number of benzene rings is 1. The van der Waals surface area contributed by atoms with Gasteiger partial charge in [0.05, 0.1) is 0 Å². The van der Waals surface area contributed by atoms with Gasteiger partial charge in [0.2, 0.25) is 0 Å². The Kier molecular flexibility index (Phi) is 5.47. The van der Waals surface area contributed by atoms with Crippen LogP contribution in [0.4, 0.5) is 0 Å². The van der Waals surface area contributed by atoms with Crippen LogP contribution < -0.4 is 11.3 Å². The Bertz CT molecular complexity index is 317. The van der Waals surface area contributed by atoms with Crippen molar-refractivity contribution >= 4 is 23.4 Å². The standard InChI is InChI=1S/C11H17ClN2S/c1-8-3-4-9(7-10(8)12)11(14-13)5-6-15-2/h3-4,7,11,14H,5-6,13H2,1-2H3. The van der Waals surface area contributed by atoms with Crippen LogP contribution in [-0.2, 0) is 0 Å². The molecule has 0 aliphatic carbocycles. The van der Waals surface area contributed by atoms with E-state index in [0.717, 1.165) is 28.3 Å². The Labute approximate surface area is 101 Å². The molecule has 1 rings (SSSR count). The van der Waals surface area contributed by atoms with Crippen LogP contribution in [0.5, 0.6) is 0 Å². The third kappa shape index (κ3) is 3.68. The second-order valence-corrected chi connectivity index (χ2v) is 4.90. The summed E-state index contributed by atoms with van der Waals surface area (Å²) in [5, 5.41) is 0.803. The monoisotopic (exact) mass is 244 g/mol. The van der Waals surface area contributed by atoms with Crippen LogP contribution in [0.15, 0.2) is 18.2 Å². The molecule has 0 heterocycles. The van der Waals surface area contributed by atoms with Crippen LogP contribution in [0.3, 0.4) is 0 Å². The smallest absolute Gasteiger partial charge is 0.0468 e. The van der Waals surface area contributed by atoms with Crippen molar-refractivity contribution < 1.29 is 0 Å². The fourth-order valence-corrected chi connectivity index (χ4v) is 2.07. The van der Waals surface area contributed by atoms with E-state index < -0.39 is 0 Å². The molecular formula is C11H17ClN2S. The molecule has 0 radical (unpaired) electrons. The van der Waals surface area contributed by atoms with Crippen LogP contribution in [0, 0.1) is 6.92 Å². The van der Waals surface area contributed by atoms with Crippen molar-refractivity contribution in [2.24, 2.45) is 5.84 Å². The average molecular weight is 245 g/mol. The van der Waals surface area contributed by atoms with E-state index >= 15 is 0 Å². The number of nitrogens with two attached hydrogens (primary N) is 1. The van der Waals surface area contributed by atoms with Gasteiger partial charge in [-0.05, 0) is 42.5 Å². The largest absolute Gasteiger partial charge is 0.271 e. The van der Waals surface area contributed by atoms with Crippen molar-refractivity contribution in [3.8, 4) is 0 Å². The van der Waals surface area contributed by atoms with Crippen molar-refractivity contribution in [2.75, 3.05) is 12.0 Å². The second kappa shape index (κ2) is 6.38. The summed E-state index contributed by atoms with van der Waals surface area (Å²) < 4.78 is 0. The van der Waals surface area contributed by atoms with E-state index in [-0.39, 0.29) is 6.04 Å². The van der Waals surface area contributed by atoms with E-state index in [0.29, 0.717) is 0 Å². The molecule has 0 amide bonds. The first-order valence-corrected chi connectivity index (χ1v) is 6.67. The van der Waals surface area contributed by atoms with Crippen molar-refractivity contribution in [1.82, 2.24) is 5.43 Å². The van der Waals surface area contributed by atoms with Gasteiger partial charge in [0.25, 0.3) is 0 Å². The lowest BCUT2D eigenvalue weighted by Gasteiger charge is -2.16. The van der Waals surface area contributed by atoms with E-state index in [4.69, 9.17) is 17.4 Å². The Hall–Kier alpha value is -0.220. The number of hydrogen-bond donors (Lipinski definition) is 2. The molecule has 15 heavy (non-hydrogen) atoms. The molecule has 1 unspecified atom stereocenters. The summed E-state index contributed by atoms with van der Waals surface area (Å²) >= 11 is 7.89. The van der Waals surface area contributed by atoms with Gasteiger partial charge >= 0.3 is 0 Å². The topological polar surface area (TPSA) is 38.0 Å². The normalized spacial score (nSPS) is 12.8. The molecule has 3 N–H and O–H groups in total. The molecule has 1 atom stereocenters. The van der Waals surface area contributed by atoms with Gasteiger partial charge in [-0.2, -0.15) is 11.8 Å². The molecule has 0 spiro atoms. The van der Waals surface area contributed by atoms with E-state index in [1.807, 2.05) is 30.8 Å². The molecule has 84 valence electrons. The van der Waals surface area contributed by atoms with Gasteiger partial charge in [0.1, 0.15) is 0 Å². The molecule has 2 nitrogen and oxygen atoms in total. The third-order valence-corrected chi connectivity index (χ3v) is 3.46. The summed E-state index contributed by atoms with van der Waals surface area (Å²) in [5.41, 5.74) is 5.08. The van der Waals surface area contributed by atoms with Gasteiger partial charge in [-0.15, -0.1) is 0 Å². The van der Waals surface area contributed by atoms with Crippen LogP contribution in [-0.4, -0.2) is 12.0 Å². The zero-order chi connectivity index (χ0) is 11.3. The first-order valence-electron chi connectivity index (χ1n) is 4.90. The Morgan fingerprint density at radius 3 is 2.80 bits per heavy atom. The third-order valence-electron chi connectivity index (χ3n) is 2.41. The van der Waals surface area contributed by atoms with Crippen molar-refractivity contribution in [3.05, 3.63) is 34.3 Å². The van der Waals surface area contributed by atoms with Gasteiger partial charge < -0.3 is 0 Å². The first kappa shape index (κ1) is 12.8.